The minimum absolute atomic E-state index is 0.0155. The Kier molecular flexibility index (Phi) is 5.17. The molecule has 1 fully saturated rings. The van der Waals surface area contributed by atoms with Crippen molar-refractivity contribution >= 4 is 27.2 Å². The highest BCUT2D eigenvalue weighted by Gasteiger charge is 2.34. The molecule has 138 valence electrons. The van der Waals surface area contributed by atoms with Gasteiger partial charge in [-0.1, -0.05) is 0 Å². The maximum atomic E-state index is 13.0. The van der Waals surface area contributed by atoms with E-state index in [2.05, 4.69) is 15.3 Å². The molecular formula is C17H19FN4O3S. The van der Waals surface area contributed by atoms with Crippen LogP contribution in [-0.2, 0) is 9.84 Å². The number of rotatable bonds is 5. The van der Waals surface area contributed by atoms with E-state index >= 15 is 0 Å². The molecule has 1 aliphatic rings. The standard InChI is InChI=1S/C17H19FN4O3S/c1-2-22(14-7-8-26(24,25)10-14)17(23)15-9-16(20-11-19-15)21-13-5-3-12(18)4-6-13/h3-6,9,11,14H,2,7-8,10H2,1H3,(H,19,20,21). The number of halogens is 1. The fraction of sp³-hybridized carbons (Fsp3) is 0.353. The maximum Gasteiger partial charge on any atom is 0.272 e. The Labute approximate surface area is 151 Å². The predicted molar refractivity (Wildman–Crippen MR) is 95.5 cm³/mol. The highest BCUT2D eigenvalue weighted by molar-refractivity contribution is 7.91. The molecular weight excluding hydrogens is 359 g/mol. The zero-order valence-electron chi connectivity index (χ0n) is 14.2. The molecule has 0 spiro atoms. The molecule has 3 rings (SSSR count). The van der Waals surface area contributed by atoms with E-state index in [9.17, 15) is 17.6 Å². The minimum Gasteiger partial charge on any atom is -0.340 e. The number of hydrogen-bond acceptors (Lipinski definition) is 6. The van der Waals surface area contributed by atoms with Gasteiger partial charge in [0.15, 0.2) is 9.84 Å². The molecule has 2 heterocycles. The van der Waals surface area contributed by atoms with Crippen LogP contribution < -0.4 is 5.32 Å². The van der Waals surface area contributed by atoms with E-state index in [1.54, 1.807) is 12.1 Å². The fourth-order valence-electron chi connectivity index (χ4n) is 2.96. The fourth-order valence-corrected chi connectivity index (χ4v) is 4.69. The molecule has 1 saturated heterocycles. The van der Waals surface area contributed by atoms with Crippen molar-refractivity contribution in [2.75, 3.05) is 23.4 Å². The van der Waals surface area contributed by atoms with Crippen LogP contribution in [0.5, 0.6) is 0 Å². The summed E-state index contributed by atoms with van der Waals surface area (Å²) in [4.78, 5) is 22.4. The van der Waals surface area contributed by atoms with E-state index in [-0.39, 0.29) is 35.0 Å². The molecule has 0 bridgehead atoms. The van der Waals surface area contributed by atoms with Gasteiger partial charge in [0.05, 0.1) is 11.5 Å². The van der Waals surface area contributed by atoms with Gasteiger partial charge in [-0.3, -0.25) is 4.79 Å². The molecule has 2 aromatic rings. The third kappa shape index (κ3) is 4.16. The lowest BCUT2D eigenvalue weighted by molar-refractivity contribution is 0.0702. The van der Waals surface area contributed by atoms with Gasteiger partial charge in [-0.05, 0) is 37.6 Å². The second-order valence-electron chi connectivity index (χ2n) is 6.07. The molecule has 1 aliphatic heterocycles. The number of carbonyl (C=O) groups is 1. The Balaban J connectivity index is 1.77. The van der Waals surface area contributed by atoms with Crippen molar-refractivity contribution in [3.05, 3.63) is 48.2 Å². The summed E-state index contributed by atoms with van der Waals surface area (Å²) in [7, 11) is -3.09. The second-order valence-corrected chi connectivity index (χ2v) is 8.30. The van der Waals surface area contributed by atoms with Gasteiger partial charge < -0.3 is 10.2 Å². The number of amides is 1. The molecule has 1 amide bonds. The zero-order chi connectivity index (χ0) is 18.7. The number of carbonyl (C=O) groups excluding carboxylic acids is 1. The van der Waals surface area contributed by atoms with Crippen molar-refractivity contribution in [1.29, 1.82) is 0 Å². The van der Waals surface area contributed by atoms with Gasteiger partial charge in [-0.2, -0.15) is 0 Å². The van der Waals surface area contributed by atoms with Crippen molar-refractivity contribution in [3.63, 3.8) is 0 Å². The molecule has 0 radical (unpaired) electrons. The van der Waals surface area contributed by atoms with Crippen LogP contribution in [0.2, 0.25) is 0 Å². The smallest absolute Gasteiger partial charge is 0.272 e. The Morgan fingerprint density at radius 2 is 2.04 bits per heavy atom. The lowest BCUT2D eigenvalue weighted by Crippen LogP contribution is -2.41. The number of anilines is 2. The van der Waals surface area contributed by atoms with Gasteiger partial charge >= 0.3 is 0 Å². The quantitative estimate of drug-likeness (QED) is 0.856. The summed E-state index contributed by atoms with van der Waals surface area (Å²) in [6, 6.07) is 6.91. The normalized spacial score (nSPS) is 18.5. The molecule has 7 nitrogen and oxygen atoms in total. The minimum atomic E-state index is -3.09. The number of hydrogen-bond donors (Lipinski definition) is 1. The van der Waals surface area contributed by atoms with Crippen molar-refractivity contribution in [2.24, 2.45) is 0 Å². The first kappa shape index (κ1) is 18.2. The van der Waals surface area contributed by atoms with Crippen LogP contribution >= 0.6 is 0 Å². The van der Waals surface area contributed by atoms with Crippen molar-refractivity contribution < 1.29 is 17.6 Å². The Morgan fingerprint density at radius 1 is 1.31 bits per heavy atom. The van der Waals surface area contributed by atoms with Gasteiger partial charge in [-0.15, -0.1) is 0 Å². The van der Waals surface area contributed by atoms with E-state index < -0.39 is 9.84 Å². The number of sulfone groups is 1. The average Bonchev–Trinajstić information content (AvgIpc) is 2.97. The lowest BCUT2D eigenvalue weighted by atomic mass is 10.2. The summed E-state index contributed by atoms with van der Waals surface area (Å²) < 4.78 is 36.4. The SMILES string of the molecule is CCN(C(=O)c1cc(Nc2ccc(F)cc2)ncn1)C1CCS(=O)(=O)C1. The van der Waals surface area contributed by atoms with Gasteiger partial charge in [0.1, 0.15) is 23.7 Å². The van der Waals surface area contributed by atoms with Gasteiger partial charge in [0, 0.05) is 24.3 Å². The Hall–Kier alpha value is -2.55. The molecule has 1 unspecified atom stereocenters. The van der Waals surface area contributed by atoms with E-state index in [0.717, 1.165) is 0 Å². The number of aromatic nitrogens is 2. The van der Waals surface area contributed by atoms with Crippen LogP contribution in [0.3, 0.4) is 0 Å². The lowest BCUT2D eigenvalue weighted by Gasteiger charge is -2.26. The first-order valence-corrected chi connectivity index (χ1v) is 10.1. The van der Waals surface area contributed by atoms with Gasteiger partial charge in [0.2, 0.25) is 0 Å². The van der Waals surface area contributed by atoms with Crippen LogP contribution in [0, 0.1) is 5.82 Å². The Bertz CT molecular complexity index is 902. The highest BCUT2D eigenvalue weighted by atomic mass is 32.2. The molecule has 26 heavy (non-hydrogen) atoms. The number of benzene rings is 1. The number of nitrogens with zero attached hydrogens (tertiary/aromatic N) is 3. The summed E-state index contributed by atoms with van der Waals surface area (Å²) >= 11 is 0. The van der Waals surface area contributed by atoms with Crippen molar-refractivity contribution in [1.82, 2.24) is 14.9 Å². The van der Waals surface area contributed by atoms with Crippen LogP contribution in [0.15, 0.2) is 36.7 Å². The van der Waals surface area contributed by atoms with E-state index in [1.165, 1.54) is 29.4 Å². The summed E-state index contributed by atoms with van der Waals surface area (Å²) in [5.74, 6) is -0.204. The molecule has 0 saturated carbocycles. The molecule has 1 aromatic heterocycles. The zero-order valence-corrected chi connectivity index (χ0v) is 15.0. The molecule has 1 atom stereocenters. The summed E-state index contributed by atoms with van der Waals surface area (Å²) in [6.07, 6.45) is 1.70. The molecule has 1 N–H and O–H groups in total. The van der Waals surface area contributed by atoms with E-state index in [1.807, 2.05) is 6.92 Å². The number of nitrogens with one attached hydrogen (secondary N) is 1. The van der Waals surface area contributed by atoms with Gasteiger partial charge in [-0.25, -0.2) is 22.8 Å². The maximum absolute atomic E-state index is 13.0. The summed E-state index contributed by atoms with van der Waals surface area (Å²) in [6.45, 7) is 2.20. The van der Waals surface area contributed by atoms with Gasteiger partial charge in [0.25, 0.3) is 5.91 Å². The van der Waals surface area contributed by atoms with Crippen molar-refractivity contribution in [3.8, 4) is 0 Å². The Morgan fingerprint density at radius 3 is 2.65 bits per heavy atom. The monoisotopic (exact) mass is 378 g/mol. The van der Waals surface area contributed by atoms with E-state index in [0.29, 0.717) is 24.5 Å². The summed E-state index contributed by atoms with van der Waals surface area (Å²) in [5.41, 5.74) is 0.800. The van der Waals surface area contributed by atoms with Crippen LogP contribution in [0.4, 0.5) is 15.9 Å². The second kappa shape index (κ2) is 7.36. The predicted octanol–water partition coefficient (Wildman–Crippen LogP) is 2.01. The third-order valence-electron chi connectivity index (χ3n) is 4.25. The highest BCUT2D eigenvalue weighted by Crippen LogP contribution is 2.21. The van der Waals surface area contributed by atoms with Crippen LogP contribution in [0.25, 0.3) is 0 Å². The molecule has 0 aliphatic carbocycles. The van der Waals surface area contributed by atoms with E-state index in [4.69, 9.17) is 0 Å². The largest absolute Gasteiger partial charge is 0.340 e. The molecule has 9 heteroatoms. The first-order chi connectivity index (χ1) is 12.4. The molecule has 1 aromatic carbocycles. The summed E-state index contributed by atoms with van der Waals surface area (Å²) in [5, 5.41) is 2.98. The van der Waals surface area contributed by atoms with Crippen molar-refractivity contribution in [2.45, 2.75) is 19.4 Å². The average molecular weight is 378 g/mol. The topological polar surface area (TPSA) is 92.3 Å². The third-order valence-corrected chi connectivity index (χ3v) is 6.00. The van der Waals surface area contributed by atoms with Crippen LogP contribution in [-0.4, -0.2) is 53.3 Å². The first-order valence-electron chi connectivity index (χ1n) is 8.24. The van der Waals surface area contributed by atoms with Crippen LogP contribution in [0.1, 0.15) is 23.8 Å².